The Kier molecular flexibility index (Phi) is 3.22. The monoisotopic (exact) mass is 283 g/mol. The highest BCUT2D eigenvalue weighted by atomic mass is 19.1. The molecule has 4 heteroatoms. The largest absolute Gasteiger partial charge is 0.495 e. The van der Waals surface area contributed by atoms with Crippen LogP contribution < -0.4 is 10.3 Å². The lowest BCUT2D eigenvalue weighted by Gasteiger charge is -2.12. The molecule has 0 saturated carbocycles. The van der Waals surface area contributed by atoms with E-state index in [1.807, 2.05) is 25.1 Å². The number of pyridine rings is 1. The van der Waals surface area contributed by atoms with E-state index in [0.29, 0.717) is 16.8 Å². The van der Waals surface area contributed by atoms with Crippen molar-refractivity contribution >= 4 is 10.8 Å². The zero-order valence-electron chi connectivity index (χ0n) is 11.8. The summed E-state index contributed by atoms with van der Waals surface area (Å²) in [5.74, 6) is 0.268. The van der Waals surface area contributed by atoms with Gasteiger partial charge >= 0.3 is 0 Å². The van der Waals surface area contributed by atoms with Crippen molar-refractivity contribution in [2.45, 2.75) is 6.92 Å². The number of aromatic nitrogens is 1. The molecule has 0 saturated heterocycles. The summed E-state index contributed by atoms with van der Waals surface area (Å²) >= 11 is 0. The third-order valence-corrected chi connectivity index (χ3v) is 3.46. The number of aryl methyl sites for hydroxylation is 1. The second-order valence-corrected chi connectivity index (χ2v) is 4.90. The number of rotatable bonds is 2. The van der Waals surface area contributed by atoms with Crippen molar-refractivity contribution in [2.24, 2.45) is 0 Å². The summed E-state index contributed by atoms with van der Waals surface area (Å²) in [4.78, 5) is 12.6. The number of methoxy groups -OCH3 is 1. The predicted octanol–water partition coefficient (Wildman–Crippen LogP) is 3.45. The summed E-state index contributed by atoms with van der Waals surface area (Å²) in [6.07, 6.45) is 1.63. The van der Waals surface area contributed by atoms with Gasteiger partial charge in [-0.15, -0.1) is 0 Å². The van der Waals surface area contributed by atoms with Crippen molar-refractivity contribution in [3.8, 4) is 11.4 Å². The molecule has 3 rings (SSSR count). The van der Waals surface area contributed by atoms with E-state index in [0.717, 1.165) is 10.9 Å². The molecule has 0 amide bonds. The fraction of sp³-hybridized carbons (Fsp3) is 0.118. The van der Waals surface area contributed by atoms with Crippen LogP contribution in [0.4, 0.5) is 4.39 Å². The topological polar surface area (TPSA) is 31.2 Å². The van der Waals surface area contributed by atoms with Gasteiger partial charge in [0.25, 0.3) is 5.56 Å². The summed E-state index contributed by atoms with van der Waals surface area (Å²) in [6.45, 7) is 1.93. The average Bonchev–Trinajstić information content (AvgIpc) is 2.49. The highest BCUT2D eigenvalue weighted by molar-refractivity contribution is 5.88. The molecule has 106 valence electrons. The predicted molar refractivity (Wildman–Crippen MR) is 80.8 cm³/mol. The third kappa shape index (κ3) is 2.29. The molecule has 0 aliphatic carbocycles. The third-order valence-electron chi connectivity index (χ3n) is 3.46. The fourth-order valence-electron chi connectivity index (χ4n) is 2.38. The van der Waals surface area contributed by atoms with Crippen LogP contribution in [-0.4, -0.2) is 11.7 Å². The van der Waals surface area contributed by atoms with Crippen molar-refractivity contribution in [1.29, 1.82) is 0 Å². The molecule has 3 nitrogen and oxygen atoms in total. The molecule has 3 aromatic rings. The van der Waals surface area contributed by atoms with Gasteiger partial charge in [-0.3, -0.25) is 9.36 Å². The molecule has 0 aliphatic heterocycles. The van der Waals surface area contributed by atoms with E-state index in [2.05, 4.69) is 0 Å². The molecule has 0 unspecified atom stereocenters. The molecule has 0 radical (unpaired) electrons. The van der Waals surface area contributed by atoms with Crippen LogP contribution in [0.15, 0.2) is 53.5 Å². The van der Waals surface area contributed by atoms with E-state index in [1.165, 1.54) is 16.7 Å². The van der Waals surface area contributed by atoms with Crippen LogP contribution in [-0.2, 0) is 0 Å². The Balaban J connectivity index is 2.36. The van der Waals surface area contributed by atoms with Gasteiger partial charge in [-0.25, -0.2) is 4.39 Å². The molecule has 0 N–H and O–H groups in total. The molecule has 0 fully saturated rings. The van der Waals surface area contributed by atoms with Gasteiger partial charge < -0.3 is 4.74 Å². The smallest absolute Gasteiger partial charge is 0.263 e. The molecule has 2 aromatic carbocycles. The Morgan fingerprint density at radius 3 is 2.43 bits per heavy atom. The first-order chi connectivity index (χ1) is 10.1. The maximum absolute atomic E-state index is 13.0. The lowest BCUT2D eigenvalue weighted by molar-refractivity contribution is 0.416. The van der Waals surface area contributed by atoms with Gasteiger partial charge in [0.05, 0.1) is 18.7 Å². The second-order valence-electron chi connectivity index (χ2n) is 4.90. The molecular formula is C17H14FNO2. The molecule has 1 aromatic heterocycles. The zero-order chi connectivity index (χ0) is 15.0. The van der Waals surface area contributed by atoms with Crippen LogP contribution in [0.5, 0.6) is 5.75 Å². The summed E-state index contributed by atoms with van der Waals surface area (Å²) < 4.78 is 19.9. The minimum absolute atomic E-state index is 0.152. The van der Waals surface area contributed by atoms with Gasteiger partial charge in [-0.05, 0) is 37.3 Å². The highest BCUT2D eigenvalue weighted by Gasteiger charge is 2.10. The van der Waals surface area contributed by atoms with Crippen molar-refractivity contribution < 1.29 is 9.13 Å². The number of hydrogen-bond acceptors (Lipinski definition) is 2. The van der Waals surface area contributed by atoms with E-state index in [-0.39, 0.29) is 11.4 Å². The molecule has 1 heterocycles. The highest BCUT2D eigenvalue weighted by Crippen LogP contribution is 2.24. The number of halogens is 1. The van der Waals surface area contributed by atoms with Gasteiger partial charge in [0, 0.05) is 11.1 Å². The normalized spacial score (nSPS) is 10.8. The van der Waals surface area contributed by atoms with Gasteiger partial charge in [0.15, 0.2) is 0 Å². The number of benzene rings is 2. The quantitative estimate of drug-likeness (QED) is 0.721. The first-order valence-corrected chi connectivity index (χ1v) is 6.56. The summed E-state index contributed by atoms with van der Waals surface area (Å²) in [5, 5.41) is 1.35. The molecule has 0 bridgehead atoms. The minimum atomic E-state index is -0.338. The van der Waals surface area contributed by atoms with Crippen LogP contribution in [0.2, 0.25) is 0 Å². The van der Waals surface area contributed by atoms with Gasteiger partial charge in [-0.2, -0.15) is 0 Å². The molecule has 21 heavy (non-hydrogen) atoms. The fourth-order valence-corrected chi connectivity index (χ4v) is 2.38. The average molecular weight is 283 g/mol. The van der Waals surface area contributed by atoms with Gasteiger partial charge in [-0.1, -0.05) is 17.7 Å². The Morgan fingerprint density at radius 1 is 1.05 bits per heavy atom. The van der Waals surface area contributed by atoms with E-state index < -0.39 is 0 Å². The van der Waals surface area contributed by atoms with Crippen molar-refractivity contribution in [1.82, 2.24) is 4.57 Å². The lowest BCUT2D eigenvalue weighted by atomic mass is 10.1. The Bertz CT molecular complexity index is 866. The second kappa shape index (κ2) is 5.05. The first kappa shape index (κ1) is 13.4. The number of hydrogen-bond donors (Lipinski definition) is 0. The van der Waals surface area contributed by atoms with E-state index in [1.54, 1.807) is 25.4 Å². The molecule has 0 aliphatic rings. The van der Waals surface area contributed by atoms with Crippen LogP contribution in [0, 0.1) is 12.7 Å². The SMILES string of the molecule is COc1cn(-c2ccc(F)cc2)c(=O)c2cc(C)ccc12. The van der Waals surface area contributed by atoms with E-state index in [4.69, 9.17) is 4.74 Å². The van der Waals surface area contributed by atoms with E-state index >= 15 is 0 Å². The lowest BCUT2D eigenvalue weighted by Crippen LogP contribution is -2.18. The number of ether oxygens (including phenoxy) is 1. The first-order valence-electron chi connectivity index (χ1n) is 6.56. The zero-order valence-corrected chi connectivity index (χ0v) is 11.8. The summed E-state index contributed by atoms with van der Waals surface area (Å²) in [5.41, 5.74) is 1.45. The Labute approximate surface area is 121 Å². The standard InChI is InChI=1S/C17H14FNO2/c1-11-3-8-14-15(9-11)17(20)19(10-16(14)21-2)13-6-4-12(18)5-7-13/h3-10H,1-2H3. The molecule has 0 atom stereocenters. The Hall–Kier alpha value is -2.62. The maximum Gasteiger partial charge on any atom is 0.263 e. The Morgan fingerprint density at radius 2 is 1.76 bits per heavy atom. The van der Waals surface area contributed by atoms with E-state index in [9.17, 15) is 9.18 Å². The van der Waals surface area contributed by atoms with Crippen LogP contribution in [0.1, 0.15) is 5.56 Å². The maximum atomic E-state index is 13.0. The van der Waals surface area contributed by atoms with Crippen molar-refractivity contribution in [2.75, 3.05) is 7.11 Å². The number of fused-ring (bicyclic) bond motifs is 1. The van der Waals surface area contributed by atoms with Crippen LogP contribution in [0.3, 0.4) is 0 Å². The van der Waals surface area contributed by atoms with Crippen molar-refractivity contribution in [3.05, 3.63) is 70.4 Å². The van der Waals surface area contributed by atoms with Gasteiger partial charge in [0.1, 0.15) is 11.6 Å². The summed E-state index contributed by atoms with van der Waals surface area (Å²) in [6, 6.07) is 11.4. The van der Waals surface area contributed by atoms with Gasteiger partial charge in [0.2, 0.25) is 0 Å². The minimum Gasteiger partial charge on any atom is -0.495 e. The van der Waals surface area contributed by atoms with Crippen LogP contribution >= 0.6 is 0 Å². The molecule has 0 spiro atoms. The number of nitrogens with zero attached hydrogens (tertiary/aromatic N) is 1. The van der Waals surface area contributed by atoms with Crippen molar-refractivity contribution in [3.63, 3.8) is 0 Å². The van der Waals surface area contributed by atoms with Crippen LogP contribution in [0.25, 0.3) is 16.5 Å². The summed E-state index contributed by atoms with van der Waals surface area (Å²) in [7, 11) is 1.56. The molecular weight excluding hydrogens is 269 g/mol.